The number of hydrogen-bond acceptors (Lipinski definition) is 4. The summed E-state index contributed by atoms with van der Waals surface area (Å²) in [5.74, 6) is -1.36. The van der Waals surface area contributed by atoms with Crippen LogP contribution in [-0.4, -0.2) is 36.3 Å². The number of likely N-dealkylation sites (N-methyl/N-ethyl adjacent to an activating group) is 1. The normalized spacial score (nSPS) is 10.5. The van der Waals surface area contributed by atoms with Crippen molar-refractivity contribution in [2.75, 3.05) is 30.7 Å². The van der Waals surface area contributed by atoms with Gasteiger partial charge in [0.05, 0.1) is 18.8 Å². The Morgan fingerprint density at radius 3 is 2.58 bits per heavy atom. The van der Waals surface area contributed by atoms with Crippen LogP contribution in [0.4, 0.5) is 15.8 Å². The standard InChI is InChI=1S/C12H17FN4O2/c1-2-17(6-11(15)18)7-12(19)16-8-3-4-9(13)10(14)5-8/h3-5H,2,6-7,14H2,1H3,(H2,15,18)(H,16,19). The molecule has 0 heterocycles. The first-order valence-corrected chi connectivity index (χ1v) is 5.78. The molecule has 6 nitrogen and oxygen atoms in total. The van der Waals surface area contributed by atoms with E-state index >= 15 is 0 Å². The molecule has 1 aromatic rings. The predicted molar refractivity (Wildman–Crippen MR) is 70.8 cm³/mol. The molecule has 0 fully saturated rings. The Kier molecular flexibility index (Phi) is 5.25. The number of rotatable bonds is 6. The van der Waals surface area contributed by atoms with Crippen molar-refractivity contribution in [3.05, 3.63) is 24.0 Å². The molecule has 2 amide bonds. The number of anilines is 2. The summed E-state index contributed by atoms with van der Waals surface area (Å²) in [6.45, 7) is 2.36. The minimum absolute atomic E-state index is 0.00940. The fraction of sp³-hybridized carbons (Fsp3) is 0.333. The summed E-state index contributed by atoms with van der Waals surface area (Å²) in [6.07, 6.45) is 0. The first kappa shape index (κ1) is 14.9. The molecule has 1 aromatic carbocycles. The number of halogens is 1. The molecule has 0 aliphatic carbocycles. The monoisotopic (exact) mass is 268 g/mol. The summed E-state index contributed by atoms with van der Waals surface area (Å²) in [7, 11) is 0. The topological polar surface area (TPSA) is 101 Å². The van der Waals surface area contributed by atoms with Crippen LogP contribution in [0.25, 0.3) is 0 Å². The van der Waals surface area contributed by atoms with Gasteiger partial charge in [0, 0.05) is 5.69 Å². The lowest BCUT2D eigenvalue weighted by molar-refractivity contribution is -0.121. The van der Waals surface area contributed by atoms with Gasteiger partial charge >= 0.3 is 0 Å². The molecule has 0 atom stereocenters. The number of amides is 2. The maximum atomic E-state index is 12.9. The molecule has 0 unspecified atom stereocenters. The van der Waals surface area contributed by atoms with Gasteiger partial charge in [0.25, 0.3) is 0 Å². The third-order valence-electron chi connectivity index (χ3n) is 2.47. The summed E-state index contributed by atoms with van der Waals surface area (Å²) >= 11 is 0. The van der Waals surface area contributed by atoms with Gasteiger partial charge in [-0.3, -0.25) is 14.5 Å². The highest BCUT2D eigenvalue weighted by Gasteiger charge is 2.11. The Balaban J connectivity index is 2.58. The van der Waals surface area contributed by atoms with Crippen LogP contribution in [0.3, 0.4) is 0 Å². The number of carbonyl (C=O) groups is 2. The van der Waals surface area contributed by atoms with Gasteiger partial charge in [-0.25, -0.2) is 4.39 Å². The van der Waals surface area contributed by atoms with Crippen LogP contribution in [0.1, 0.15) is 6.92 Å². The summed E-state index contributed by atoms with van der Waals surface area (Å²) in [5.41, 5.74) is 10.8. The van der Waals surface area contributed by atoms with E-state index in [1.54, 1.807) is 4.90 Å². The SMILES string of the molecule is CCN(CC(N)=O)CC(=O)Nc1ccc(F)c(N)c1. The third kappa shape index (κ3) is 4.92. The third-order valence-corrected chi connectivity index (χ3v) is 2.47. The first-order chi connectivity index (χ1) is 8.92. The molecule has 5 N–H and O–H groups in total. The maximum Gasteiger partial charge on any atom is 0.238 e. The van der Waals surface area contributed by atoms with E-state index in [0.29, 0.717) is 12.2 Å². The Bertz CT molecular complexity index is 479. The van der Waals surface area contributed by atoms with Crippen LogP contribution in [0, 0.1) is 5.82 Å². The van der Waals surface area contributed by atoms with E-state index in [9.17, 15) is 14.0 Å². The minimum Gasteiger partial charge on any atom is -0.396 e. The molecule has 0 saturated carbocycles. The van der Waals surface area contributed by atoms with Gasteiger partial charge < -0.3 is 16.8 Å². The van der Waals surface area contributed by atoms with Gasteiger partial charge in [0.15, 0.2) is 0 Å². The van der Waals surface area contributed by atoms with E-state index in [1.165, 1.54) is 18.2 Å². The first-order valence-electron chi connectivity index (χ1n) is 5.78. The van der Waals surface area contributed by atoms with Crippen LogP contribution in [0.2, 0.25) is 0 Å². The van der Waals surface area contributed by atoms with E-state index < -0.39 is 11.7 Å². The zero-order valence-corrected chi connectivity index (χ0v) is 10.6. The van der Waals surface area contributed by atoms with Gasteiger partial charge in [-0.15, -0.1) is 0 Å². The number of nitrogens with zero attached hydrogens (tertiary/aromatic N) is 1. The highest BCUT2D eigenvalue weighted by Crippen LogP contribution is 2.16. The highest BCUT2D eigenvalue weighted by atomic mass is 19.1. The molecule has 0 saturated heterocycles. The quantitative estimate of drug-likeness (QED) is 0.639. The second-order valence-electron chi connectivity index (χ2n) is 4.05. The molecule has 19 heavy (non-hydrogen) atoms. The molecule has 7 heteroatoms. The molecule has 104 valence electrons. The van der Waals surface area contributed by atoms with Gasteiger partial charge in [0.2, 0.25) is 11.8 Å². The lowest BCUT2D eigenvalue weighted by Crippen LogP contribution is -2.39. The Labute approximate surface area is 110 Å². The van der Waals surface area contributed by atoms with Crippen LogP contribution < -0.4 is 16.8 Å². The van der Waals surface area contributed by atoms with E-state index in [0.717, 1.165) is 0 Å². The van der Waals surface area contributed by atoms with Crippen molar-refractivity contribution in [1.29, 1.82) is 0 Å². The van der Waals surface area contributed by atoms with Crippen LogP contribution in [0.15, 0.2) is 18.2 Å². The van der Waals surface area contributed by atoms with Gasteiger partial charge in [-0.2, -0.15) is 0 Å². The van der Waals surface area contributed by atoms with Crippen molar-refractivity contribution in [3.8, 4) is 0 Å². The average molecular weight is 268 g/mol. The van der Waals surface area contributed by atoms with Crippen molar-refractivity contribution in [2.24, 2.45) is 5.73 Å². The van der Waals surface area contributed by atoms with Gasteiger partial charge in [-0.05, 0) is 24.7 Å². The summed E-state index contributed by atoms with van der Waals surface area (Å²) in [6, 6.07) is 3.91. The second-order valence-corrected chi connectivity index (χ2v) is 4.05. The lowest BCUT2D eigenvalue weighted by atomic mass is 10.2. The number of carbonyl (C=O) groups excluding carboxylic acids is 2. The lowest BCUT2D eigenvalue weighted by Gasteiger charge is -2.17. The summed E-state index contributed by atoms with van der Waals surface area (Å²) in [5, 5.41) is 2.57. The molecule has 0 aliphatic heterocycles. The summed E-state index contributed by atoms with van der Waals surface area (Å²) < 4.78 is 12.9. The molecule has 0 radical (unpaired) electrons. The fourth-order valence-corrected chi connectivity index (χ4v) is 1.53. The number of benzene rings is 1. The Hall–Kier alpha value is -2.15. The molecule has 0 aromatic heterocycles. The number of nitrogens with one attached hydrogen (secondary N) is 1. The molecule has 0 bridgehead atoms. The zero-order valence-electron chi connectivity index (χ0n) is 10.6. The maximum absolute atomic E-state index is 12.9. The number of nitrogen functional groups attached to an aromatic ring is 1. The second kappa shape index (κ2) is 6.69. The minimum atomic E-state index is -0.540. The molecule has 0 spiro atoms. The molecule has 1 rings (SSSR count). The van der Waals surface area contributed by atoms with Crippen molar-refractivity contribution < 1.29 is 14.0 Å². The summed E-state index contributed by atoms with van der Waals surface area (Å²) in [4.78, 5) is 24.1. The number of hydrogen-bond donors (Lipinski definition) is 3. The number of nitrogens with two attached hydrogens (primary N) is 2. The van der Waals surface area contributed by atoms with Crippen molar-refractivity contribution >= 4 is 23.2 Å². The Morgan fingerprint density at radius 1 is 1.37 bits per heavy atom. The van der Waals surface area contributed by atoms with Crippen LogP contribution in [0.5, 0.6) is 0 Å². The van der Waals surface area contributed by atoms with E-state index in [4.69, 9.17) is 11.5 Å². The molecular weight excluding hydrogens is 251 g/mol. The molecule has 0 aliphatic rings. The van der Waals surface area contributed by atoms with E-state index in [1.807, 2.05) is 6.92 Å². The van der Waals surface area contributed by atoms with E-state index in [2.05, 4.69) is 5.32 Å². The zero-order chi connectivity index (χ0) is 14.4. The van der Waals surface area contributed by atoms with Crippen molar-refractivity contribution in [2.45, 2.75) is 6.92 Å². The van der Waals surface area contributed by atoms with Crippen molar-refractivity contribution in [1.82, 2.24) is 4.90 Å². The van der Waals surface area contributed by atoms with Crippen LogP contribution >= 0.6 is 0 Å². The fourth-order valence-electron chi connectivity index (χ4n) is 1.53. The average Bonchev–Trinajstić information content (AvgIpc) is 2.32. The van der Waals surface area contributed by atoms with Gasteiger partial charge in [-0.1, -0.05) is 6.92 Å². The predicted octanol–water partition coefficient (Wildman–Crippen LogP) is 0.154. The largest absolute Gasteiger partial charge is 0.396 e. The van der Waals surface area contributed by atoms with E-state index in [-0.39, 0.29) is 24.7 Å². The van der Waals surface area contributed by atoms with Crippen LogP contribution in [-0.2, 0) is 9.59 Å². The number of primary amides is 1. The van der Waals surface area contributed by atoms with Gasteiger partial charge in [0.1, 0.15) is 5.82 Å². The highest BCUT2D eigenvalue weighted by molar-refractivity contribution is 5.93. The molecular formula is C12H17FN4O2. The Morgan fingerprint density at radius 2 is 2.05 bits per heavy atom. The smallest absolute Gasteiger partial charge is 0.238 e. The van der Waals surface area contributed by atoms with Crippen molar-refractivity contribution in [3.63, 3.8) is 0 Å².